The maximum Gasteiger partial charge on any atom is 0.243 e. The molecule has 2 aromatic rings. The van der Waals surface area contributed by atoms with Crippen LogP contribution in [0.5, 0.6) is 5.75 Å². The van der Waals surface area contributed by atoms with Crippen LogP contribution in [0, 0.1) is 0 Å². The average Bonchev–Trinajstić information content (AvgIpc) is 3.23. The lowest BCUT2D eigenvalue weighted by atomic mass is 10.2. The number of carbonyl (C=O) groups is 1. The Bertz CT molecular complexity index is 874. The number of nitrogens with zero attached hydrogens (tertiary/aromatic N) is 2. The van der Waals surface area contributed by atoms with Crippen molar-refractivity contribution < 1.29 is 17.9 Å². The highest BCUT2D eigenvalue weighted by Gasteiger charge is 2.29. The SMILES string of the molecule is COc1ccc(S(=O)(=O)N2CCN(CC(=O)N[C@H](C)c3cccs3)CC2)cc1. The molecule has 1 saturated heterocycles. The standard InChI is InChI=1S/C19H25N3O4S2/c1-15(18-4-3-13-27-18)20-19(23)14-21-9-11-22(12-10-21)28(24,25)17-7-5-16(26-2)6-8-17/h3-8,13,15H,9-12,14H2,1-2H3,(H,20,23)/t15-/m1/s1. The van der Waals surface area contributed by atoms with E-state index in [1.165, 1.54) is 4.31 Å². The van der Waals surface area contributed by atoms with Crippen LogP contribution < -0.4 is 10.1 Å². The second kappa shape index (κ2) is 9.04. The largest absolute Gasteiger partial charge is 0.497 e. The molecule has 1 aliphatic rings. The van der Waals surface area contributed by atoms with Gasteiger partial charge in [0, 0.05) is 31.1 Å². The first-order valence-electron chi connectivity index (χ1n) is 9.09. The van der Waals surface area contributed by atoms with Crippen molar-refractivity contribution in [2.45, 2.75) is 17.9 Å². The van der Waals surface area contributed by atoms with E-state index in [-0.39, 0.29) is 23.4 Å². The zero-order valence-corrected chi connectivity index (χ0v) is 17.6. The van der Waals surface area contributed by atoms with Crippen LogP contribution in [-0.4, -0.2) is 63.4 Å². The number of hydrogen-bond donors (Lipinski definition) is 1. The van der Waals surface area contributed by atoms with Gasteiger partial charge in [-0.2, -0.15) is 4.31 Å². The molecule has 3 rings (SSSR count). The number of thiophene rings is 1. The maximum absolute atomic E-state index is 12.8. The zero-order valence-electron chi connectivity index (χ0n) is 16.0. The molecule has 0 bridgehead atoms. The van der Waals surface area contributed by atoms with E-state index in [0.29, 0.717) is 31.9 Å². The molecule has 0 spiro atoms. The van der Waals surface area contributed by atoms with Crippen molar-refractivity contribution in [2.75, 3.05) is 39.8 Å². The summed E-state index contributed by atoms with van der Waals surface area (Å²) in [5.74, 6) is 0.568. The topological polar surface area (TPSA) is 79.0 Å². The van der Waals surface area contributed by atoms with Gasteiger partial charge in [-0.1, -0.05) is 6.07 Å². The van der Waals surface area contributed by atoms with Crippen LogP contribution in [0.25, 0.3) is 0 Å². The van der Waals surface area contributed by atoms with E-state index in [1.54, 1.807) is 42.7 Å². The van der Waals surface area contributed by atoms with Crippen LogP contribution in [0.3, 0.4) is 0 Å². The molecule has 152 valence electrons. The lowest BCUT2D eigenvalue weighted by Gasteiger charge is -2.33. The van der Waals surface area contributed by atoms with Gasteiger partial charge in [-0.15, -0.1) is 11.3 Å². The molecule has 9 heteroatoms. The summed E-state index contributed by atoms with van der Waals surface area (Å²) < 4.78 is 32.1. The second-order valence-corrected chi connectivity index (χ2v) is 9.58. The van der Waals surface area contributed by atoms with E-state index in [0.717, 1.165) is 4.88 Å². The number of amides is 1. The van der Waals surface area contributed by atoms with Gasteiger partial charge in [0.15, 0.2) is 0 Å². The van der Waals surface area contributed by atoms with Gasteiger partial charge in [0.2, 0.25) is 15.9 Å². The Kier molecular flexibility index (Phi) is 6.71. The molecule has 1 atom stereocenters. The van der Waals surface area contributed by atoms with E-state index >= 15 is 0 Å². The molecule has 28 heavy (non-hydrogen) atoms. The van der Waals surface area contributed by atoms with Crippen molar-refractivity contribution in [2.24, 2.45) is 0 Å². The Balaban J connectivity index is 1.51. The Morgan fingerprint density at radius 1 is 1.18 bits per heavy atom. The zero-order chi connectivity index (χ0) is 20.1. The lowest BCUT2D eigenvalue weighted by molar-refractivity contribution is -0.123. The number of benzene rings is 1. The first kappa shape index (κ1) is 20.8. The van der Waals surface area contributed by atoms with Crippen molar-refractivity contribution in [3.63, 3.8) is 0 Å². The summed E-state index contributed by atoms with van der Waals surface area (Å²) in [5.41, 5.74) is 0. The molecule has 1 amide bonds. The fraction of sp³-hybridized carbons (Fsp3) is 0.421. The number of ether oxygens (including phenoxy) is 1. The predicted molar refractivity (Wildman–Crippen MR) is 109 cm³/mol. The maximum atomic E-state index is 12.8. The van der Waals surface area contributed by atoms with Gasteiger partial charge in [-0.3, -0.25) is 9.69 Å². The monoisotopic (exact) mass is 423 g/mol. The summed E-state index contributed by atoms with van der Waals surface area (Å²) in [6.07, 6.45) is 0. The molecule has 1 fully saturated rings. The molecule has 1 aromatic carbocycles. The van der Waals surface area contributed by atoms with E-state index in [9.17, 15) is 13.2 Å². The Labute approximate surface area is 170 Å². The number of rotatable bonds is 7. The minimum atomic E-state index is -3.54. The summed E-state index contributed by atoms with van der Waals surface area (Å²) in [6.45, 7) is 4.01. The van der Waals surface area contributed by atoms with Gasteiger partial charge >= 0.3 is 0 Å². The molecule has 1 aromatic heterocycles. The Morgan fingerprint density at radius 3 is 2.43 bits per heavy atom. The van der Waals surface area contributed by atoms with Gasteiger partial charge in [0.1, 0.15) is 5.75 Å². The quantitative estimate of drug-likeness (QED) is 0.736. The Hall–Kier alpha value is -1.94. The fourth-order valence-corrected chi connectivity index (χ4v) is 5.28. The molecular weight excluding hydrogens is 398 g/mol. The summed E-state index contributed by atoms with van der Waals surface area (Å²) >= 11 is 1.61. The van der Waals surface area contributed by atoms with Crippen molar-refractivity contribution >= 4 is 27.3 Å². The van der Waals surface area contributed by atoms with Crippen molar-refractivity contribution in [3.8, 4) is 5.75 Å². The van der Waals surface area contributed by atoms with Gasteiger partial charge in [0.25, 0.3) is 0 Å². The van der Waals surface area contributed by atoms with E-state index in [2.05, 4.69) is 5.32 Å². The summed E-state index contributed by atoms with van der Waals surface area (Å²) in [5, 5.41) is 4.98. The summed E-state index contributed by atoms with van der Waals surface area (Å²) in [4.78, 5) is 15.6. The highest BCUT2D eigenvalue weighted by molar-refractivity contribution is 7.89. The molecule has 2 heterocycles. The van der Waals surface area contributed by atoms with E-state index < -0.39 is 10.0 Å². The fourth-order valence-electron chi connectivity index (χ4n) is 3.12. The molecule has 1 aliphatic heterocycles. The molecule has 1 N–H and O–H groups in total. The second-order valence-electron chi connectivity index (χ2n) is 6.66. The number of carbonyl (C=O) groups excluding carboxylic acids is 1. The summed E-state index contributed by atoms with van der Waals surface area (Å²) in [7, 11) is -1.99. The predicted octanol–water partition coefficient (Wildman–Crippen LogP) is 1.94. The van der Waals surface area contributed by atoms with Gasteiger partial charge < -0.3 is 10.1 Å². The van der Waals surface area contributed by atoms with Gasteiger partial charge in [-0.05, 0) is 42.6 Å². The van der Waals surface area contributed by atoms with Crippen molar-refractivity contribution in [3.05, 3.63) is 46.7 Å². The van der Waals surface area contributed by atoms with Gasteiger partial charge in [-0.25, -0.2) is 8.42 Å². The number of piperazine rings is 1. The molecule has 0 unspecified atom stereocenters. The lowest BCUT2D eigenvalue weighted by Crippen LogP contribution is -2.51. The first-order chi connectivity index (χ1) is 13.4. The average molecular weight is 424 g/mol. The van der Waals surface area contributed by atoms with Crippen LogP contribution in [0.1, 0.15) is 17.8 Å². The van der Waals surface area contributed by atoms with Crippen LogP contribution in [0.4, 0.5) is 0 Å². The highest BCUT2D eigenvalue weighted by atomic mass is 32.2. The minimum Gasteiger partial charge on any atom is -0.497 e. The number of hydrogen-bond acceptors (Lipinski definition) is 6. The number of methoxy groups -OCH3 is 1. The van der Waals surface area contributed by atoms with E-state index in [4.69, 9.17) is 4.74 Å². The Morgan fingerprint density at radius 2 is 1.86 bits per heavy atom. The van der Waals surface area contributed by atoms with Crippen LogP contribution in [0.2, 0.25) is 0 Å². The molecule has 7 nitrogen and oxygen atoms in total. The third kappa shape index (κ3) is 4.91. The molecule has 0 radical (unpaired) electrons. The third-order valence-corrected chi connectivity index (χ3v) is 7.71. The highest BCUT2D eigenvalue weighted by Crippen LogP contribution is 2.21. The van der Waals surface area contributed by atoms with Crippen molar-refractivity contribution in [1.29, 1.82) is 0 Å². The molecular formula is C19H25N3O4S2. The normalized spacial score (nSPS) is 17.2. The number of sulfonamides is 1. The first-order valence-corrected chi connectivity index (χ1v) is 11.4. The van der Waals surface area contributed by atoms with E-state index in [1.807, 2.05) is 29.3 Å². The van der Waals surface area contributed by atoms with Crippen LogP contribution >= 0.6 is 11.3 Å². The van der Waals surface area contributed by atoms with Crippen molar-refractivity contribution in [1.82, 2.24) is 14.5 Å². The minimum absolute atomic E-state index is 0.0239. The van der Waals surface area contributed by atoms with Crippen LogP contribution in [0.15, 0.2) is 46.7 Å². The molecule has 0 aliphatic carbocycles. The molecule has 0 saturated carbocycles. The third-order valence-electron chi connectivity index (χ3n) is 4.74. The van der Waals surface area contributed by atoms with Gasteiger partial charge in [0.05, 0.1) is 24.6 Å². The number of nitrogens with one attached hydrogen (secondary N) is 1. The van der Waals surface area contributed by atoms with Crippen LogP contribution in [-0.2, 0) is 14.8 Å². The smallest absolute Gasteiger partial charge is 0.243 e. The summed E-state index contributed by atoms with van der Waals surface area (Å²) in [6, 6.07) is 10.3.